The van der Waals surface area contributed by atoms with Gasteiger partial charge in [-0.1, -0.05) is 26.8 Å². The zero-order chi connectivity index (χ0) is 29.6. The van der Waals surface area contributed by atoms with Crippen LogP contribution in [0.3, 0.4) is 0 Å². The average molecular weight is 540 g/mol. The summed E-state index contributed by atoms with van der Waals surface area (Å²) < 4.78 is 26.5. The van der Waals surface area contributed by atoms with Crippen molar-refractivity contribution < 1.29 is 48.0 Å². The zero-order valence-corrected chi connectivity index (χ0v) is 23.8. The predicted molar refractivity (Wildman–Crippen MR) is 138 cm³/mol. The first-order valence-corrected chi connectivity index (χ1v) is 12.4. The van der Waals surface area contributed by atoms with Gasteiger partial charge in [0.15, 0.2) is 11.5 Å². The summed E-state index contributed by atoms with van der Waals surface area (Å²) in [6, 6.07) is 2.75. The van der Waals surface area contributed by atoms with Crippen molar-refractivity contribution in [1.29, 1.82) is 0 Å². The van der Waals surface area contributed by atoms with E-state index in [1.165, 1.54) is 18.2 Å². The lowest BCUT2D eigenvalue weighted by atomic mass is 9.79. The van der Waals surface area contributed by atoms with Crippen LogP contribution < -0.4 is 15.2 Å². The SMILES string of the molecule is CC(C)C(=O)OC(C)C(C)C(c1ccc(OC(=O)OC(C)(C)C)c(OC(=O)OC(C)(C)C)c1)[C@H](N)C(=O)O. The van der Waals surface area contributed by atoms with Crippen LogP contribution in [0, 0.1) is 11.8 Å². The monoisotopic (exact) mass is 539 g/mol. The van der Waals surface area contributed by atoms with Crippen LogP contribution in [-0.2, 0) is 23.8 Å². The molecule has 0 amide bonds. The highest BCUT2D eigenvalue weighted by atomic mass is 16.8. The maximum absolute atomic E-state index is 12.5. The summed E-state index contributed by atoms with van der Waals surface area (Å²) in [7, 11) is 0. The Kier molecular flexibility index (Phi) is 11.1. The van der Waals surface area contributed by atoms with E-state index in [-0.39, 0.29) is 17.4 Å². The van der Waals surface area contributed by atoms with Gasteiger partial charge < -0.3 is 34.5 Å². The van der Waals surface area contributed by atoms with Gasteiger partial charge >= 0.3 is 24.2 Å². The van der Waals surface area contributed by atoms with Crippen molar-refractivity contribution >= 4 is 24.2 Å². The fourth-order valence-electron chi connectivity index (χ4n) is 3.33. The molecule has 0 bridgehead atoms. The Hall–Kier alpha value is -3.34. The number of rotatable bonds is 9. The van der Waals surface area contributed by atoms with Gasteiger partial charge in [-0.05, 0) is 66.2 Å². The van der Waals surface area contributed by atoms with Gasteiger partial charge in [0.25, 0.3) is 0 Å². The highest BCUT2D eigenvalue weighted by molar-refractivity contribution is 5.75. The van der Waals surface area contributed by atoms with E-state index in [4.69, 9.17) is 29.4 Å². The van der Waals surface area contributed by atoms with Crippen LogP contribution in [0.1, 0.15) is 80.7 Å². The molecular formula is C27H41NO10. The van der Waals surface area contributed by atoms with Crippen molar-refractivity contribution in [3.8, 4) is 11.5 Å². The van der Waals surface area contributed by atoms with Crippen LogP contribution in [0.5, 0.6) is 11.5 Å². The van der Waals surface area contributed by atoms with Gasteiger partial charge in [-0.3, -0.25) is 9.59 Å². The molecule has 1 aromatic carbocycles. The highest BCUT2D eigenvalue weighted by Crippen LogP contribution is 2.37. The number of hydrogen-bond acceptors (Lipinski definition) is 10. The minimum atomic E-state index is -1.41. The number of hydrogen-bond donors (Lipinski definition) is 2. The van der Waals surface area contributed by atoms with E-state index in [1.807, 2.05) is 0 Å². The van der Waals surface area contributed by atoms with Crippen molar-refractivity contribution in [2.75, 3.05) is 0 Å². The minimum Gasteiger partial charge on any atom is -0.480 e. The van der Waals surface area contributed by atoms with Crippen LogP contribution in [0.15, 0.2) is 18.2 Å². The molecule has 4 atom stereocenters. The highest BCUT2D eigenvalue weighted by Gasteiger charge is 2.36. The van der Waals surface area contributed by atoms with Gasteiger partial charge in [0, 0.05) is 11.8 Å². The van der Waals surface area contributed by atoms with Gasteiger partial charge in [-0.25, -0.2) is 9.59 Å². The topological polar surface area (TPSA) is 161 Å². The Morgan fingerprint density at radius 2 is 1.29 bits per heavy atom. The fourth-order valence-corrected chi connectivity index (χ4v) is 3.33. The molecule has 38 heavy (non-hydrogen) atoms. The molecule has 0 radical (unpaired) electrons. The number of ether oxygens (including phenoxy) is 5. The molecule has 0 aromatic heterocycles. The molecule has 3 unspecified atom stereocenters. The van der Waals surface area contributed by atoms with Crippen LogP contribution in [-0.4, -0.2) is 52.7 Å². The molecule has 11 heteroatoms. The number of carboxylic acid groups (broad SMARTS) is 1. The first kappa shape index (κ1) is 32.7. The Bertz CT molecular complexity index is 1010. The second kappa shape index (κ2) is 12.9. The number of nitrogens with two attached hydrogens (primary N) is 1. The molecule has 0 saturated carbocycles. The lowest BCUT2D eigenvalue weighted by Gasteiger charge is -2.32. The third-order valence-electron chi connectivity index (χ3n) is 5.27. The molecule has 0 heterocycles. The molecule has 3 N–H and O–H groups in total. The van der Waals surface area contributed by atoms with E-state index < -0.39 is 59.4 Å². The summed E-state index contributed by atoms with van der Waals surface area (Å²) in [6.07, 6.45) is -2.82. The first-order valence-electron chi connectivity index (χ1n) is 12.4. The van der Waals surface area contributed by atoms with Gasteiger partial charge in [0.05, 0.1) is 5.92 Å². The fraction of sp³-hybridized carbons (Fsp3) is 0.630. The molecule has 0 saturated heterocycles. The summed E-state index contributed by atoms with van der Waals surface area (Å²) in [5.74, 6) is -3.95. The molecule has 1 aromatic rings. The number of aliphatic carboxylic acids is 1. The lowest BCUT2D eigenvalue weighted by molar-refractivity contribution is -0.155. The van der Waals surface area contributed by atoms with E-state index in [9.17, 15) is 24.3 Å². The second-order valence-electron chi connectivity index (χ2n) is 11.4. The van der Waals surface area contributed by atoms with E-state index in [1.54, 1.807) is 69.2 Å². The van der Waals surface area contributed by atoms with E-state index in [0.717, 1.165) is 0 Å². The summed E-state index contributed by atoms with van der Waals surface area (Å²) in [5.41, 5.74) is 4.69. The Morgan fingerprint density at radius 3 is 1.71 bits per heavy atom. The van der Waals surface area contributed by atoms with Crippen LogP contribution in [0.2, 0.25) is 0 Å². The molecule has 11 nitrogen and oxygen atoms in total. The molecule has 0 spiro atoms. The normalized spacial score (nSPS) is 15.1. The van der Waals surface area contributed by atoms with Crippen LogP contribution in [0.25, 0.3) is 0 Å². The quantitative estimate of drug-likeness (QED) is 0.246. The largest absolute Gasteiger partial charge is 0.514 e. The van der Waals surface area contributed by atoms with Gasteiger partial charge in [0.2, 0.25) is 0 Å². The van der Waals surface area contributed by atoms with E-state index >= 15 is 0 Å². The zero-order valence-electron chi connectivity index (χ0n) is 23.8. The number of carbonyl (C=O) groups is 4. The summed E-state index contributed by atoms with van der Waals surface area (Å²) >= 11 is 0. The lowest BCUT2D eigenvalue weighted by Crippen LogP contribution is -2.43. The molecule has 0 aliphatic heterocycles. The third-order valence-corrected chi connectivity index (χ3v) is 5.27. The van der Waals surface area contributed by atoms with E-state index in [0.29, 0.717) is 5.56 Å². The molecule has 0 aliphatic carbocycles. The van der Waals surface area contributed by atoms with Gasteiger partial charge in [0.1, 0.15) is 23.3 Å². The van der Waals surface area contributed by atoms with E-state index in [2.05, 4.69) is 0 Å². The number of carbonyl (C=O) groups excluding carboxylic acids is 3. The average Bonchev–Trinajstić information content (AvgIpc) is 2.72. The van der Waals surface area contributed by atoms with Crippen LogP contribution in [0.4, 0.5) is 9.59 Å². The van der Waals surface area contributed by atoms with Crippen molar-refractivity contribution in [3.63, 3.8) is 0 Å². The molecule has 0 fully saturated rings. The minimum absolute atomic E-state index is 0.163. The molecule has 214 valence electrons. The predicted octanol–water partition coefficient (Wildman–Crippen LogP) is 5.03. The Labute approximate surface area is 223 Å². The van der Waals surface area contributed by atoms with Gasteiger partial charge in [-0.15, -0.1) is 0 Å². The van der Waals surface area contributed by atoms with Crippen molar-refractivity contribution in [2.45, 2.75) is 98.5 Å². The molecular weight excluding hydrogens is 498 g/mol. The number of carboxylic acids is 1. The third kappa shape index (κ3) is 10.6. The molecule has 1 rings (SSSR count). The van der Waals surface area contributed by atoms with Crippen LogP contribution >= 0.6 is 0 Å². The molecule has 0 aliphatic rings. The number of benzene rings is 1. The standard InChI is InChI=1S/C27H41NO10/c1-14(2)23(31)34-16(4)15(3)20(21(28)22(29)30)17-11-12-18(35-24(32)37-26(5,6)7)19(13-17)36-25(33)38-27(8,9)10/h11-16,20-21H,28H2,1-10H3,(H,29,30)/t15?,16?,20?,21-/m0/s1. The smallest absolute Gasteiger partial charge is 0.480 e. The summed E-state index contributed by atoms with van der Waals surface area (Å²) in [4.78, 5) is 48.8. The summed E-state index contributed by atoms with van der Waals surface area (Å²) in [5, 5.41) is 9.71. The van der Waals surface area contributed by atoms with Crippen molar-refractivity contribution in [1.82, 2.24) is 0 Å². The first-order chi connectivity index (χ1) is 17.2. The number of esters is 1. The maximum atomic E-state index is 12.5. The van der Waals surface area contributed by atoms with Crippen molar-refractivity contribution in [2.24, 2.45) is 17.6 Å². The summed E-state index contributed by atoms with van der Waals surface area (Å²) in [6.45, 7) is 16.6. The maximum Gasteiger partial charge on any atom is 0.514 e. The Morgan fingerprint density at radius 1 is 0.816 bits per heavy atom. The second-order valence-corrected chi connectivity index (χ2v) is 11.4. The Balaban J connectivity index is 3.52. The van der Waals surface area contributed by atoms with Gasteiger partial charge in [-0.2, -0.15) is 0 Å². The van der Waals surface area contributed by atoms with Crippen molar-refractivity contribution in [3.05, 3.63) is 23.8 Å².